The van der Waals surface area contributed by atoms with Crippen LogP contribution in [0.25, 0.3) is 0 Å². The highest BCUT2D eigenvalue weighted by atomic mass is 32.5. The highest BCUT2D eigenvalue weighted by Gasteiger charge is 2.65. The number of carbonyl (C=O) groups excluding carboxylic acids is 2. The molecule has 0 spiro atoms. The summed E-state index contributed by atoms with van der Waals surface area (Å²) in [7, 11) is -9.85. The topological polar surface area (TPSA) is 90.5 Å². The van der Waals surface area contributed by atoms with Crippen molar-refractivity contribution in [2.45, 2.75) is 10.9 Å². The zero-order valence-electron chi connectivity index (χ0n) is 12.9. The minimum Gasteiger partial charge on any atom is -0.339 e. The van der Waals surface area contributed by atoms with Gasteiger partial charge in [0.15, 0.2) is 0 Å². The van der Waals surface area contributed by atoms with E-state index in [2.05, 4.69) is 16.6 Å². The molecule has 144 valence electrons. The predicted molar refractivity (Wildman–Crippen MR) is 83.2 cm³/mol. The molecule has 0 aliphatic carbocycles. The molecule has 1 atom stereocenters. The largest absolute Gasteiger partial charge is 0.339 e. The van der Waals surface area contributed by atoms with Crippen LogP contribution in [0.4, 0.5) is 19.4 Å². The first kappa shape index (κ1) is 20.0. The van der Waals surface area contributed by atoms with E-state index in [0.717, 1.165) is 0 Å². The van der Waals surface area contributed by atoms with Crippen LogP contribution in [-0.2, 0) is 4.79 Å². The lowest BCUT2D eigenvalue weighted by molar-refractivity contribution is -0.134. The van der Waals surface area contributed by atoms with Gasteiger partial charge in [0.05, 0.1) is 5.41 Å². The maximum Gasteiger partial charge on any atom is 0.310 e. The van der Waals surface area contributed by atoms with E-state index in [-0.39, 0.29) is 25.2 Å². The Morgan fingerprint density at radius 2 is 1.73 bits per heavy atom. The fourth-order valence-electron chi connectivity index (χ4n) is 2.38. The number of halogens is 5. The summed E-state index contributed by atoms with van der Waals surface area (Å²) in [5, 5.41) is 13.8. The lowest BCUT2D eigenvalue weighted by Crippen LogP contribution is -2.67. The van der Waals surface area contributed by atoms with Crippen LogP contribution in [-0.4, -0.2) is 36.2 Å². The second-order valence-corrected chi connectivity index (χ2v) is 8.19. The highest BCUT2D eigenvalue weighted by molar-refractivity contribution is 8.45. The van der Waals surface area contributed by atoms with Crippen molar-refractivity contribution >= 4 is 22.0 Å². The van der Waals surface area contributed by atoms with Gasteiger partial charge in [-0.15, -0.1) is 6.42 Å². The van der Waals surface area contributed by atoms with Gasteiger partial charge in [-0.25, -0.2) is 5.48 Å². The molecule has 26 heavy (non-hydrogen) atoms. The Hall–Kier alpha value is -2.36. The van der Waals surface area contributed by atoms with E-state index in [1.807, 2.05) is 0 Å². The summed E-state index contributed by atoms with van der Waals surface area (Å²) in [6.07, 6.45) is 5.37. The highest BCUT2D eigenvalue weighted by Crippen LogP contribution is 3.02. The van der Waals surface area contributed by atoms with Crippen LogP contribution >= 0.6 is 10.2 Å². The van der Waals surface area contributed by atoms with Crippen LogP contribution < -0.4 is 16.1 Å². The lowest BCUT2D eigenvalue weighted by Gasteiger charge is -2.43. The summed E-state index contributed by atoms with van der Waals surface area (Å²) in [5.41, 5.74) is -0.195. The number of terminal acetylenes is 1. The van der Waals surface area contributed by atoms with Crippen molar-refractivity contribution in [3.8, 4) is 12.3 Å². The average Bonchev–Trinajstić information content (AvgIpc) is 2.50. The third kappa shape index (κ3) is 3.90. The van der Waals surface area contributed by atoms with Gasteiger partial charge in [0.2, 0.25) is 0 Å². The predicted octanol–water partition coefficient (Wildman–Crippen LogP) is 2.17. The van der Waals surface area contributed by atoms with Gasteiger partial charge in [0.1, 0.15) is 10.9 Å². The maximum absolute atomic E-state index is 12.7. The molecule has 1 saturated heterocycles. The van der Waals surface area contributed by atoms with E-state index in [4.69, 9.17) is 11.6 Å². The van der Waals surface area contributed by atoms with Gasteiger partial charge in [0.25, 0.3) is 11.8 Å². The van der Waals surface area contributed by atoms with Crippen LogP contribution in [0, 0.1) is 17.8 Å². The molecule has 1 fully saturated rings. The van der Waals surface area contributed by atoms with Crippen molar-refractivity contribution < 1.29 is 34.2 Å². The zero-order valence-corrected chi connectivity index (χ0v) is 13.8. The molecular weight excluding hydrogens is 385 g/mol. The third-order valence-electron chi connectivity index (χ3n) is 3.93. The third-order valence-corrected chi connectivity index (χ3v) is 5.09. The van der Waals surface area contributed by atoms with Gasteiger partial charge in [-0.3, -0.25) is 14.8 Å². The number of nitrogens with one attached hydrogen (secondary N) is 3. The quantitative estimate of drug-likeness (QED) is 0.264. The van der Waals surface area contributed by atoms with E-state index in [0.29, 0.717) is 12.1 Å². The standard InChI is InChI=1S/C14H14F5N3O3S/c1-2-14(7-20-8-14)11(13(24)22-25)21-12(23)9-3-5-10(6-4-9)26(15,16,17,18)19/h1,3-6,11,20,25H,7-8H2,(H,21,23)(H,22,24)/t11-/m1/s1. The molecule has 1 aliphatic rings. The number of amides is 2. The first-order chi connectivity index (χ1) is 11.7. The first-order valence-electron chi connectivity index (χ1n) is 7.00. The molecule has 12 heteroatoms. The molecule has 0 bridgehead atoms. The second kappa shape index (κ2) is 5.57. The van der Waals surface area contributed by atoms with E-state index >= 15 is 0 Å². The Labute approximate surface area is 144 Å². The maximum atomic E-state index is 12.7. The molecule has 2 amide bonds. The monoisotopic (exact) mass is 399 g/mol. The first-order valence-corrected chi connectivity index (χ1v) is 8.95. The van der Waals surface area contributed by atoms with Gasteiger partial charge in [-0.2, -0.15) is 0 Å². The van der Waals surface area contributed by atoms with Crippen LogP contribution in [0.5, 0.6) is 0 Å². The van der Waals surface area contributed by atoms with Crippen molar-refractivity contribution in [2.75, 3.05) is 13.1 Å². The van der Waals surface area contributed by atoms with E-state index < -0.39 is 44.0 Å². The Morgan fingerprint density at radius 1 is 1.19 bits per heavy atom. The Balaban J connectivity index is 2.26. The summed E-state index contributed by atoms with van der Waals surface area (Å²) in [5.74, 6) is 0.288. The molecule has 1 heterocycles. The van der Waals surface area contributed by atoms with Gasteiger partial charge in [-0.05, 0) is 24.3 Å². The van der Waals surface area contributed by atoms with Crippen molar-refractivity contribution in [3.05, 3.63) is 29.8 Å². The summed E-state index contributed by atoms with van der Waals surface area (Å²) >= 11 is 0. The number of rotatable bonds is 5. The molecule has 0 unspecified atom stereocenters. The van der Waals surface area contributed by atoms with Crippen molar-refractivity contribution in [3.63, 3.8) is 0 Å². The minimum absolute atomic E-state index is 0.0828. The average molecular weight is 399 g/mol. The van der Waals surface area contributed by atoms with Gasteiger partial charge < -0.3 is 10.6 Å². The molecular formula is C14H14F5N3O3S. The van der Waals surface area contributed by atoms with E-state index in [1.54, 1.807) is 0 Å². The minimum atomic E-state index is -9.85. The molecule has 1 aromatic rings. The van der Waals surface area contributed by atoms with Gasteiger partial charge in [-0.1, -0.05) is 25.3 Å². The lowest BCUT2D eigenvalue weighted by atomic mass is 9.75. The van der Waals surface area contributed by atoms with Crippen LogP contribution in [0.15, 0.2) is 29.2 Å². The molecule has 0 aromatic heterocycles. The van der Waals surface area contributed by atoms with Gasteiger partial charge >= 0.3 is 10.2 Å². The number of hydroxylamine groups is 1. The Kier molecular flexibility index (Phi) is 4.27. The summed E-state index contributed by atoms with van der Waals surface area (Å²) in [4.78, 5) is 21.8. The Bertz CT molecular complexity index is 785. The SMILES string of the molecule is C#CC1([C@H](NC(=O)c2ccc(S(F)(F)(F)(F)F)cc2)C(=O)NO)CNC1. The number of hydrogen-bond donors (Lipinski definition) is 4. The Morgan fingerprint density at radius 3 is 2.08 bits per heavy atom. The van der Waals surface area contributed by atoms with Crippen LogP contribution in [0.2, 0.25) is 0 Å². The molecule has 4 N–H and O–H groups in total. The second-order valence-electron chi connectivity index (χ2n) is 5.78. The van der Waals surface area contributed by atoms with Crippen molar-refractivity contribution in [1.82, 2.24) is 16.1 Å². The smallest absolute Gasteiger partial charge is 0.310 e. The van der Waals surface area contributed by atoms with Crippen molar-refractivity contribution in [2.24, 2.45) is 5.41 Å². The molecule has 1 aliphatic heterocycles. The summed E-state index contributed by atoms with van der Waals surface area (Å²) in [6, 6.07) is -0.115. The fourth-order valence-corrected chi connectivity index (χ4v) is 3.03. The van der Waals surface area contributed by atoms with Crippen LogP contribution in [0.1, 0.15) is 10.4 Å². The summed E-state index contributed by atoms with van der Waals surface area (Å²) < 4.78 is 63.4. The van der Waals surface area contributed by atoms with Gasteiger partial charge in [0, 0.05) is 18.7 Å². The normalized spacial score (nSPS) is 19.7. The molecule has 0 radical (unpaired) electrons. The van der Waals surface area contributed by atoms with Crippen molar-refractivity contribution in [1.29, 1.82) is 0 Å². The number of carbonyl (C=O) groups is 2. The molecule has 2 rings (SSSR count). The van der Waals surface area contributed by atoms with E-state index in [1.165, 1.54) is 5.48 Å². The molecule has 0 saturated carbocycles. The van der Waals surface area contributed by atoms with Crippen LogP contribution in [0.3, 0.4) is 0 Å². The molecule has 1 aromatic carbocycles. The number of benzene rings is 1. The summed E-state index contributed by atoms with van der Waals surface area (Å²) in [6.45, 7) is 0.288. The van der Waals surface area contributed by atoms with E-state index in [9.17, 15) is 29.0 Å². The zero-order chi connectivity index (χ0) is 19.9. The molecule has 6 nitrogen and oxygen atoms in total. The fraction of sp³-hybridized carbons (Fsp3) is 0.286. The number of hydrogen-bond acceptors (Lipinski definition) is 4.